The van der Waals surface area contributed by atoms with E-state index >= 15 is 0 Å². The molecule has 0 spiro atoms. The van der Waals surface area contributed by atoms with Crippen LogP contribution in [0.3, 0.4) is 0 Å². The zero-order valence-corrected chi connectivity index (χ0v) is 9.53. The lowest BCUT2D eigenvalue weighted by atomic mass is 10.1. The summed E-state index contributed by atoms with van der Waals surface area (Å²) in [4.78, 5) is 10.6. The topological polar surface area (TPSA) is 68.2 Å². The molecule has 15 heavy (non-hydrogen) atoms. The normalized spacial score (nSPS) is 13.1. The molecule has 0 aliphatic rings. The van der Waals surface area contributed by atoms with Crippen molar-refractivity contribution in [2.45, 2.75) is 32.4 Å². The molecule has 0 fully saturated rings. The van der Waals surface area contributed by atoms with Crippen molar-refractivity contribution in [2.24, 2.45) is 5.73 Å². The lowest BCUT2D eigenvalue weighted by Gasteiger charge is -2.08. The molecular formula is C10H15ClN2O2. The number of aromatic nitrogens is 1. The highest BCUT2D eigenvalue weighted by atomic mass is 35.5. The van der Waals surface area contributed by atoms with Crippen molar-refractivity contribution in [3.63, 3.8) is 0 Å². The molecule has 1 heterocycles. The summed E-state index contributed by atoms with van der Waals surface area (Å²) in [6.07, 6.45) is 2.14. The first-order valence-electron chi connectivity index (χ1n) is 4.76. The minimum absolute atomic E-state index is 0.257. The first-order chi connectivity index (χ1) is 6.91. The minimum Gasteiger partial charge on any atom is -0.480 e. The van der Waals surface area contributed by atoms with Gasteiger partial charge in [-0.05, 0) is 31.9 Å². The van der Waals surface area contributed by atoms with E-state index in [9.17, 15) is 4.79 Å². The van der Waals surface area contributed by atoms with Crippen molar-refractivity contribution >= 4 is 17.6 Å². The van der Waals surface area contributed by atoms with Crippen molar-refractivity contribution in [3.05, 3.63) is 23.0 Å². The van der Waals surface area contributed by atoms with Gasteiger partial charge in [0.25, 0.3) is 0 Å². The lowest BCUT2D eigenvalue weighted by molar-refractivity contribution is -0.138. The summed E-state index contributed by atoms with van der Waals surface area (Å²) in [5.41, 5.74) is 6.28. The van der Waals surface area contributed by atoms with E-state index in [1.807, 2.05) is 24.6 Å². The van der Waals surface area contributed by atoms with E-state index in [-0.39, 0.29) is 6.04 Å². The van der Waals surface area contributed by atoms with Crippen LogP contribution in [0.15, 0.2) is 12.3 Å². The summed E-state index contributed by atoms with van der Waals surface area (Å²) in [6, 6.07) is 1.14. The third-order valence-electron chi connectivity index (χ3n) is 2.19. The van der Waals surface area contributed by atoms with Gasteiger partial charge in [0.15, 0.2) is 0 Å². The molecule has 0 saturated heterocycles. The van der Waals surface area contributed by atoms with E-state index in [2.05, 4.69) is 0 Å². The fourth-order valence-electron chi connectivity index (χ4n) is 1.35. The lowest BCUT2D eigenvalue weighted by Crippen LogP contribution is -2.32. The van der Waals surface area contributed by atoms with Gasteiger partial charge in [0, 0.05) is 12.2 Å². The predicted octanol–water partition coefficient (Wildman–Crippen LogP) is 1.68. The second kappa shape index (κ2) is 4.68. The van der Waals surface area contributed by atoms with Crippen LogP contribution in [0.4, 0.5) is 0 Å². The second-order valence-electron chi connectivity index (χ2n) is 3.82. The van der Waals surface area contributed by atoms with E-state index < -0.39 is 12.0 Å². The van der Waals surface area contributed by atoms with Crippen LogP contribution in [0.25, 0.3) is 0 Å². The van der Waals surface area contributed by atoms with Gasteiger partial charge in [0.1, 0.15) is 11.2 Å². The Kier molecular flexibility index (Phi) is 3.77. The van der Waals surface area contributed by atoms with Crippen LogP contribution in [0.5, 0.6) is 0 Å². The van der Waals surface area contributed by atoms with Gasteiger partial charge >= 0.3 is 5.97 Å². The summed E-state index contributed by atoms with van der Waals surface area (Å²) >= 11 is 5.98. The summed E-state index contributed by atoms with van der Waals surface area (Å²) < 4.78 is 1.88. The Bertz CT molecular complexity index is 360. The molecule has 0 aliphatic carbocycles. The maximum Gasteiger partial charge on any atom is 0.320 e. The Labute approximate surface area is 93.6 Å². The highest BCUT2D eigenvalue weighted by molar-refractivity contribution is 6.29. The monoisotopic (exact) mass is 230 g/mol. The SMILES string of the molecule is CC(C)n1cc(CC(N)C(=O)O)cc1Cl. The van der Waals surface area contributed by atoms with E-state index in [1.54, 1.807) is 6.07 Å². The van der Waals surface area contributed by atoms with E-state index in [4.69, 9.17) is 22.4 Å². The number of nitrogens with two attached hydrogens (primary N) is 1. The quantitative estimate of drug-likeness (QED) is 0.827. The molecule has 1 unspecified atom stereocenters. The molecular weight excluding hydrogens is 216 g/mol. The van der Waals surface area contributed by atoms with Gasteiger partial charge in [-0.25, -0.2) is 0 Å². The van der Waals surface area contributed by atoms with Crippen LogP contribution < -0.4 is 5.73 Å². The van der Waals surface area contributed by atoms with Gasteiger partial charge in [0.05, 0.1) is 0 Å². The summed E-state index contributed by atoms with van der Waals surface area (Å²) in [7, 11) is 0. The van der Waals surface area contributed by atoms with Crippen molar-refractivity contribution in [1.82, 2.24) is 4.57 Å². The predicted molar refractivity (Wildman–Crippen MR) is 59.1 cm³/mol. The van der Waals surface area contributed by atoms with Crippen molar-refractivity contribution in [1.29, 1.82) is 0 Å². The first kappa shape index (κ1) is 12.1. The zero-order valence-electron chi connectivity index (χ0n) is 8.77. The van der Waals surface area contributed by atoms with Gasteiger partial charge in [-0.2, -0.15) is 0 Å². The zero-order chi connectivity index (χ0) is 11.6. The smallest absolute Gasteiger partial charge is 0.320 e. The molecule has 0 amide bonds. The molecule has 0 aliphatic heterocycles. The highest BCUT2D eigenvalue weighted by Crippen LogP contribution is 2.20. The van der Waals surface area contributed by atoms with Crippen molar-refractivity contribution in [2.75, 3.05) is 0 Å². The van der Waals surface area contributed by atoms with Crippen LogP contribution in [0.1, 0.15) is 25.5 Å². The van der Waals surface area contributed by atoms with E-state index in [1.165, 1.54) is 0 Å². The number of carboxylic acids is 1. The Morgan fingerprint density at radius 1 is 1.67 bits per heavy atom. The molecule has 3 N–H and O–H groups in total. The van der Waals surface area contributed by atoms with Crippen LogP contribution in [-0.4, -0.2) is 21.7 Å². The van der Waals surface area contributed by atoms with Crippen molar-refractivity contribution in [3.8, 4) is 0 Å². The summed E-state index contributed by atoms with van der Waals surface area (Å²) in [6.45, 7) is 4.01. The molecule has 1 rings (SSSR count). The van der Waals surface area contributed by atoms with Gasteiger partial charge in [-0.15, -0.1) is 0 Å². The highest BCUT2D eigenvalue weighted by Gasteiger charge is 2.14. The minimum atomic E-state index is -0.997. The molecule has 1 aromatic rings. The fourth-order valence-corrected chi connectivity index (χ4v) is 1.74. The first-order valence-corrected chi connectivity index (χ1v) is 5.14. The molecule has 0 radical (unpaired) electrons. The van der Waals surface area contributed by atoms with E-state index in [0.717, 1.165) is 5.56 Å². The number of halogens is 1. The van der Waals surface area contributed by atoms with Crippen LogP contribution in [0, 0.1) is 0 Å². The molecule has 0 bridgehead atoms. The Balaban J connectivity index is 2.79. The molecule has 0 saturated carbocycles. The fraction of sp³-hybridized carbons (Fsp3) is 0.500. The Morgan fingerprint density at radius 3 is 2.67 bits per heavy atom. The molecule has 0 aromatic carbocycles. The molecule has 5 heteroatoms. The number of hydrogen-bond acceptors (Lipinski definition) is 2. The Hall–Kier alpha value is -1.00. The van der Waals surface area contributed by atoms with Gasteiger partial charge in [0.2, 0.25) is 0 Å². The molecule has 1 atom stereocenters. The molecule has 84 valence electrons. The second-order valence-corrected chi connectivity index (χ2v) is 4.21. The third kappa shape index (κ3) is 2.97. The average molecular weight is 231 g/mol. The number of rotatable bonds is 4. The standard InChI is InChI=1S/C10H15ClN2O2/c1-6(2)13-5-7(4-9(13)11)3-8(12)10(14)15/h4-6,8H,3,12H2,1-2H3,(H,14,15). The average Bonchev–Trinajstić information content (AvgIpc) is 2.46. The number of carbonyl (C=O) groups is 1. The van der Waals surface area contributed by atoms with Crippen LogP contribution in [-0.2, 0) is 11.2 Å². The van der Waals surface area contributed by atoms with Gasteiger partial charge < -0.3 is 15.4 Å². The Morgan fingerprint density at radius 2 is 2.27 bits per heavy atom. The van der Waals surface area contributed by atoms with Crippen molar-refractivity contribution < 1.29 is 9.90 Å². The summed E-state index contributed by atoms with van der Waals surface area (Å²) in [5, 5.41) is 9.27. The number of hydrogen-bond donors (Lipinski definition) is 2. The number of nitrogens with zero attached hydrogens (tertiary/aromatic N) is 1. The largest absolute Gasteiger partial charge is 0.480 e. The maximum atomic E-state index is 10.6. The van der Waals surface area contributed by atoms with Crippen LogP contribution >= 0.6 is 11.6 Å². The maximum absolute atomic E-state index is 10.6. The van der Waals surface area contributed by atoms with Crippen LogP contribution in [0.2, 0.25) is 5.15 Å². The van der Waals surface area contributed by atoms with Gasteiger partial charge in [-0.1, -0.05) is 11.6 Å². The summed E-state index contributed by atoms with van der Waals surface area (Å²) in [5.74, 6) is -0.997. The molecule has 4 nitrogen and oxygen atoms in total. The number of aliphatic carboxylic acids is 1. The van der Waals surface area contributed by atoms with Gasteiger partial charge in [-0.3, -0.25) is 4.79 Å². The molecule has 1 aromatic heterocycles. The number of carboxylic acid groups (broad SMARTS) is 1. The third-order valence-corrected chi connectivity index (χ3v) is 2.49. The van der Waals surface area contributed by atoms with E-state index in [0.29, 0.717) is 11.6 Å².